The van der Waals surface area contributed by atoms with Crippen molar-refractivity contribution in [3.05, 3.63) is 0 Å². The molecule has 4 aliphatic carbocycles. The van der Waals surface area contributed by atoms with Crippen molar-refractivity contribution in [2.75, 3.05) is 26.2 Å². The fourth-order valence-electron chi connectivity index (χ4n) is 11.6. The molecule has 0 radical (unpaired) electrons. The van der Waals surface area contributed by atoms with E-state index in [-0.39, 0.29) is 41.1 Å². The van der Waals surface area contributed by atoms with Gasteiger partial charge in [-0.25, -0.2) is 8.37 Å². The molecule has 278 valence electrons. The third-order valence-corrected chi connectivity index (χ3v) is 15.2. The highest BCUT2D eigenvalue weighted by molar-refractivity contribution is 7.81. The SMILES string of the molecule is CC(C)[C@@H](CC[C@@H](C)C1CC[C@H]2[C@@H]3[C@H](OS(=O)(=O)O)C[C@H]4C[C@@H](NCCCN5CCCC5=O)CC[C@]4(C)[C@H]3CC[C@]12C)COS(=O)(=O)O. The molecule has 13 heteroatoms. The van der Waals surface area contributed by atoms with Crippen molar-refractivity contribution < 1.29 is 39.1 Å². The maximum atomic E-state index is 12.3. The molecule has 0 aromatic carbocycles. The highest BCUT2D eigenvalue weighted by Crippen LogP contribution is 2.69. The number of nitrogens with one attached hydrogen (secondary N) is 1. The summed E-state index contributed by atoms with van der Waals surface area (Å²) in [5.74, 6) is 2.33. The molecule has 11 atom stereocenters. The Hall–Kier alpha value is -0.830. The van der Waals surface area contributed by atoms with Gasteiger partial charge in [0.2, 0.25) is 5.91 Å². The average molecular weight is 719 g/mol. The zero-order chi connectivity index (χ0) is 35.1. The summed E-state index contributed by atoms with van der Waals surface area (Å²) in [5.41, 5.74) is 0.116. The molecule has 1 amide bonds. The minimum absolute atomic E-state index is 0.0109. The number of likely N-dealkylation sites (tertiary alicyclic amines) is 1. The predicted octanol–water partition coefficient (Wildman–Crippen LogP) is 5.92. The summed E-state index contributed by atoms with van der Waals surface area (Å²) in [4.78, 5) is 13.9. The first kappa shape index (κ1) is 38.4. The first-order valence-electron chi connectivity index (χ1n) is 18.7. The Morgan fingerprint density at radius 2 is 1.65 bits per heavy atom. The summed E-state index contributed by atoms with van der Waals surface area (Å²) in [6.45, 7) is 13.7. The molecule has 0 spiro atoms. The number of hydrogen-bond donors (Lipinski definition) is 3. The van der Waals surface area contributed by atoms with Gasteiger partial charge in [0.1, 0.15) is 0 Å². The largest absolute Gasteiger partial charge is 0.397 e. The smallest absolute Gasteiger partial charge is 0.343 e. The maximum absolute atomic E-state index is 12.3. The highest BCUT2D eigenvalue weighted by Gasteiger charge is 2.63. The van der Waals surface area contributed by atoms with Crippen LogP contribution in [0.4, 0.5) is 0 Å². The molecule has 1 saturated heterocycles. The van der Waals surface area contributed by atoms with E-state index in [4.69, 9.17) is 12.9 Å². The lowest BCUT2D eigenvalue weighted by Gasteiger charge is -2.63. The van der Waals surface area contributed by atoms with Crippen molar-refractivity contribution in [3.63, 3.8) is 0 Å². The van der Waals surface area contributed by atoms with Crippen LogP contribution >= 0.6 is 0 Å². The Balaban J connectivity index is 1.25. The van der Waals surface area contributed by atoms with E-state index in [0.29, 0.717) is 48.5 Å². The number of carbonyl (C=O) groups is 1. The van der Waals surface area contributed by atoms with Crippen LogP contribution in [0.3, 0.4) is 0 Å². The molecule has 5 aliphatic rings. The van der Waals surface area contributed by atoms with Crippen molar-refractivity contribution in [1.82, 2.24) is 10.2 Å². The predicted molar refractivity (Wildman–Crippen MR) is 183 cm³/mol. The fraction of sp³-hybridized carbons (Fsp3) is 0.971. The van der Waals surface area contributed by atoms with Crippen molar-refractivity contribution in [3.8, 4) is 0 Å². The van der Waals surface area contributed by atoms with Gasteiger partial charge in [-0.05, 0) is 135 Å². The molecule has 3 N–H and O–H groups in total. The summed E-state index contributed by atoms with van der Waals surface area (Å²) >= 11 is 0. The van der Waals surface area contributed by atoms with Gasteiger partial charge in [-0.3, -0.25) is 13.9 Å². The number of rotatable bonds is 15. The Bertz CT molecular complexity index is 1340. The van der Waals surface area contributed by atoms with Crippen LogP contribution in [0.15, 0.2) is 0 Å². The minimum atomic E-state index is -4.62. The minimum Gasteiger partial charge on any atom is -0.343 e. The van der Waals surface area contributed by atoms with E-state index < -0.39 is 26.9 Å². The average Bonchev–Trinajstić information content (AvgIpc) is 3.56. The summed E-state index contributed by atoms with van der Waals surface area (Å²) in [6, 6.07) is 0.350. The van der Waals surface area contributed by atoms with E-state index in [1.54, 1.807) is 0 Å². The molecule has 0 bridgehead atoms. The first-order valence-corrected chi connectivity index (χ1v) is 21.4. The first-order chi connectivity index (χ1) is 22.4. The maximum Gasteiger partial charge on any atom is 0.397 e. The molecular formula is C35H62N2O9S2. The second-order valence-electron chi connectivity index (χ2n) is 17.1. The van der Waals surface area contributed by atoms with E-state index in [0.717, 1.165) is 90.3 Å². The monoisotopic (exact) mass is 718 g/mol. The molecule has 5 fully saturated rings. The van der Waals surface area contributed by atoms with E-state index in [1.807, 2.05) is 18.7 Å². The molecule has 1 aliphatic heterocycles. The summed E-state index contributed by atoms with van der Waals surface area (Å²) < 4.78 is 76.5. The molecule has 48 heavy (non-hydrogen) atoms. The third kappa shape index (κ3) is 8.61. The molecule has 0 aromatic rings. The number of hydrogen-bond acceptors (Lipinski definition) is 8. The van der Waals surface area contributed by atoms with Crippen molar-refractivity contribution in [2.24, 2.45) is 58.2 Å². The number of nitrogens with zero attached hydrogens (tertiary/aromatic N) is 1. The summed E-state index contributed by atoms with van der Waals surface area (Å²) in [5, 5.41) is 3.75. The highest BCUT2D eigenvalue weighted by atomic mass is 32.3. The Labute approximate surface area is 289 Å². The van der Waals surface area contributed by atoms with Crippen LogP contribution in [0.2, 0.25) is 0 Å². The van der Waals surface area contributed by atoms with Gasteiger partial charge in [-0.2, -0.15) is 16.8 Å². The number of amides is 1. The topological polar surface area (TPSA) is 160 Å². The van der Waals surface area contributed by atoms with Crippen molar-refractivity contribution >= 4 is 26.7 Å². The quantitative estimate of drug-likeness (QED) is 0.137. The molecule has 1 heterocycles. The molecule has 11 nitrogen and oxygen atoms in total. The van der Waals surface area contributed by atoms with Crippen LogP contribution in [-0.4, -0.2) is 75.1 Å². The fourth-order valence-corrected chi connectivity index (χ4v) is 12.5. The van der Waals surface area contributed by atoms with Crippen LogP contribution in [0, 0.1) is 58.2 Å². The summed E-state index contributed by atoms with van der Waals surface area (Å²) in [6.07, 6.45) is 11.7. The van der Waals surface area contributed by atoms with E-state index >= 15 is 0 Å². The second kappa shape index (κ2) is 15.0. The Kier molecular flexibility index (Phi) is 12.0. The van der Waals surface area contributed by atoms with E-state index in [1.165, 1.54) is 0 Å². The third-order valence-electron chi connectivity index (χ3n) is 14.2. The van der Waals surface area contributed by atoms with E-state index in [2.05, 4.69) is 26.1 Å². The molecule has 1 unspecified atom stereocenters. The van der Waals surface area contributed by atoms with Gasteiger partial charge >= 0.3 is 20.8 Å². The zero-order valence-electron chi connectivity index (χ0n) is 29.8. The van der Waals surface area contributed by atoms with Crippen LogP contribution in [0.5, 0.6) is 0 Å². The van der Waals surface area contributed by atoms with Gasteiger partial charge < -0.3 is 10.2 Å². The second-order valence-corrected chi connectivity index (χ2v) is 19.2. The standard InChI is InChI=1S/C35H62N2O9S2/c1-23(2)25(22-45-47(39,40)41)10-9-24(3)28-11-12-29-33-30(14-16-35(28,29)5)34(4)15-13-27(20-26(34)21-31(33)46-48(42,43)44)36-17-7-19-37-18-6-8-32(37)38/h23-31,33,36H,6-22H2,1-5H3,(H,39,40,41)(H,42,43,44)/t24-,25+,26-,27+,28?,29+,30+,31-,33+,34+,35-/m1/s1. The van der Waals surface area contributed by atoms with Crippen LogP contribution < -0.4 is 5.32 Å². The molecule has 4 saturated carbocycles. The lowest BCUT2D eigenvalue weighted by molar-refractivity contribution is -0.160. The van der Waals surface area contributed by atoms with Crippen molar-refractivity contribution in [2.45, 2.75) is 130 Å². The lowest BCUT2D eigenvalue weighted by Crippen LogP contribution is -2.60. The molecule has 0 aromatic heterocycles. The van der Waals surface area contributed by atoms with Gasteiger partial charge in [0.25, 0.3) is 0 Å². The summed E-state index contributed by atoms with van der Waals surface area (Å²) in [7, 11) is -9.09. The molecular weight excluding hydrogens is 657 g/mol. The Morgan fingerprint density at radius 1 is 0.938 bits per heavy atom. The van der Waals surface area contributed by atoms with Gasteiger partial charge in [0.05, 0.1) is 12.7 Å². The van der Waals surface area contributed by atoms with Gasteiger partial charge in [-0.1, -0.05) is 41.0 Å². The zero-order valence-corrected chi connectivity index (χ0v) is 31.4. The van der Waals surface area contributed by atoms with Crippen molar-refractivity contribution in [1.29, 1.82) is 0 Å². The van der Waals surface area contributed by atoms with Crippen LogP contribution in [-0.2, 0) is 34.0 Å². The lowest BCUT2D eigenvalue weighted by atomic mass is 9.43. The van der Waals surface area contributed by atoms with Gasteiger partial charge in [0.15, 0.2) is 0 Å². The Morgan fingerprint density at radius 3 is 2.29 bits per heavy atom. The van der Waals surface area contributed by atoms with Gasteiger partial charge in [-0.15, -0.1) is 0 Å². The molecule has 5 rings (SSSR count). The van der Waals surface area contributed by atoms with E-state index in [9.17, 15) is 26.2 Å². The van der Waals surface area contributed by atoms with Crippen LogP contribution in [0.1, 0.15) is 118 Å². The number of fused-ring (bicyclic) bond motifs is 5. The number of carbonyl (C=O) groups excluding carboxylic acids is 1. The normalized spacial score (nSPS) is 38.5. The van der Waals surface area contributed by atoms with Crippen LogP contribution in [0.25, 0.3) is 0 Å². The van der Waals surface area contributed by atoms with Gasteiger partial charge in [0, 0.05) is 25.6 Å².